The summed E-state index contributed by atoms with van der Waals surface area (Å²) in [5.74, 6) is 0.401. The molecule has 3 heterocycles. The molecular formula is C28H32O14. The van der Waals surface area contributed by atoms with E-state index < -0.39 is 73.4 Å². The van der Waals surface area contributed by atoms with Crippen LogP contribution in [-0.2, 0) is 14.2 Å². The molecule has 228 valence electrons. The molecule has 10 atom stereocenters. The second-order valence-electron chi connectivity index (χ2n) is 10.1. The van der Waals surface area contributed by atoms with E-state index in [1.807, 2.05) is 0 Å². The maximum absolute atomic E-state index is 12.7. The largest absolute Gasteiger partial charge is 0.507 e. The van der Waals surface area contributed by atoms with Gasteiger partial charge in [-0.2, -0.15) is 0 Å². The summed E-state index contributed by atoms with van der Waals surface area (Å²) in [6, 6.07) is 10.2. The molecule has 0 unspecified atom stereocenters. The maximum Gasteiger partial charge on any atom is 0.229 e. The Kier molecular flexibility index (Phi) is 8.71. The highest BCUT2D eigenvalue weighted by Crippen LogP contribution is 2.33. The van der Waals surface area contributed by atoms with Crippen LogP contribution in [0.15, 0.2) is 51.7 Å². The molecule has 42 heavy (non-hydrogen) atoms. The lowest BCUT2D eigenvalue weighted by molar-refractivity contribution is -0.354. The van der Waals surface area contributed by atoms with Gasteiger partial charge in [0, 0.05) is 23.8 Å². The summed E-state index contributed by atoms with van der Waals surface area (Å²) in [5.41, 5.74) is 0.126. The Labute approximate surface area is 238 Å². The van der Waals surface area contributed by atoms with Gasteiger partial charge in [-0.15, -0.1) is 0 Å². The predicted octanol–water partition coefficient (Wildman–Crippen LogP) is -0.795. The van der Waals surface area contributed by atoms with E-state index in [0.717, 1.165) is 0 Å². The second-order valence-corrected chi connectivity index (χ2v) is 10.1. The fourth-order valence-electron chi connectivity index (χ4n) is 4.91. The Balaban J connectivity index is 1.39. The van der Waals surface area contributed by atoms with Crippen LogP contribution >= 0.6 is 0 Å². The molecule has 0 bridgehead atoms. The van der Waals surface area contributed by atoms with Gasteiger partial charge in [0.15, 0.2) is 17.8 Å². The van der Waals surface area contributed by atoms with Crippen molar-refractivity contribution < 1.29 is 63.8 Å². The predicted molar refractivity (Wildman–Crippen MR) is 142 cm³/mol. The topological polar surface area (TPSA) is 218 Å². The molecular weight excluding hydrogens is 560 g/mol. The molecule has 14 nitrogen and oxygen atoms in total. The van der Waals surface area contributed by atoms with Gasteiger partial charge in [0.1, 0.15) is 70.6 Å². The molecule has 0 saturated carbocycles. The average molecular weight is 593 g/mol. The number of phenolic OH excluding ortho intramolecular Hbond substituents is 1. The SMILES string of the molecule is COc1cc(O)c2c(=O)cc(-c3ccc(O[C@@H]4O[C@H](CO)[C@H](O)[C@H](O)[C@H]4O[C@@H]4O[C@@H](C)[C@H](O)[C@H](O)[C@H]4O)cc3)oc2c1. The van der Waals surface area contributed by atoms with Crippen molar-refractivity contribution in [3.05, 3.63) is 52.7 Å². The summed E-state index contributed by atoms with van der Waals surface area (Å²) in [5, 5.41) is 71.5. The van der Waals surface area contributed by atoms with Crippen LogP contribution in [-0.4, -0.2) is 111 Å². The number of hydrogen-bond donors (Lipinski definition) is 7. The molecule has 14 heteroatoms. The van der Waals surface area contributed by atoms with E-state index in [1.54, 1.807) is 12.1 Å². The van der Waals surface area contributed by atoms with Crippen molar-refractivity contribution in [2.75, 3.05) is 13.7 Å². The number of phenols is 1. The fourth-order valence-corrected chi connectivity index (χ4v) is 4.91. The highest BCUT2D eigenvalue weighted by atomic mass is 16.8. The van der Waals surface area contributed by atoms with Gasteiger partial charge >= 0.3 is 0 Å². The molecule has 2 aliphatic rings. The minimum atomic E-state index is -1.70. The summed E-state index contributed by atoms with van der Waals surface area (Å²) in [6.45, 7) is 0.794. The van der Waals surface area contributed by atoms with Gasteiger partial charge in [-0.3, -0.25) is 4.79 Å². The van der Waals surface area contributed by atoms with E-state index in [9.17, 15) is 40.5 Å². The summed E-state index contributed by atoms with van der Waals surface area (Å²) in [7, 11) is 1.41. The van der Waals surface area contributed by atoms with E-state index in [4.69, 9.17) is 28.1 Å². The van der Waals surface area contributed by atoms with Gasteiger partial charge in [-0.05, 0) is 31.2 Å². The minimum absolute atomic E-state index is 0.00246. The third-order valence-electron chi connectivity index (χ3n) is 7.33. The molecule has 2 saturated heterocycles. The van der Waals surface area contributed by atoms with Crippen molar-refractivity contribution in [2.24, 2.45) is 0 Å². The molecule has 3 aromatic rings. The summed E-state index contributed by atoms with van der Waals surface area (Å²) in [4.78, 5) is 12.7. The van der Waals surface area contributed by atoms with Crippen LogP contribution < -0.4 is 14.9 Å². The van der Waals surface area contributed by atoms with E-state index in [0.29, 0.717) is 11.3 Å². The lowest BCUT2D eigenvalue weighted by atomic mass is 9.97. The first-order valence-corrected chi connectivity index (χ1v) is 13.1. The number of rotatable bonds is 7. The van der Waals surface area contributed by atoms with Crippen molar-refractivity contribution in [3.8, 4) is 28.6 Å². The summed E-state index contributed by atoms with van der Waals surface area (Å²) >= 11 is 0. The summed E-state index contributed by atoms with van der Waals surface area (Å²) in [6.07, 6.45) is -14.6. The normalized spacial score (nSPS) is 33.4. The lowest BCUT2D eigenvalue weighted by Gasteiger charge is -2.45. The average Bonchev–Trinajstić information content (AvgIpc) is 2.98. The third-order valence-corrected chi connectivity index (χ3v) is 7.33. The zero-order valence-corrected chi connectivity index (χ0v) is 22.5. The van der Waals surface area contributed by atoms with E-state index in [-0.39, 0.29) is 28.2 Å². The first kappa shape index (κ1) is 30.2. The molecule has 0 aliphatic carbocycles. The molecule has 1 aromatic heterocycles. The van der Waals surface area contributed by atoms with Gasteiger partial charge in [-0.1, -0.05) is 0 Å². The molecule has 2 aliphatic heterocycles. The number of aromatic hydroxyl groups is 1. The highest BCUT2D eigenvalue weighted by Gasteiger charge is 2.50. The van der Waals surface area contributed by atoms with Gasteiger partial charge in [0.2, 0.25) is 6.29 Å². The zero-order valence-electron chi connectivity index (χ0n) is 22.5. The third kappa shape index (κ3) is 5.68. The Hall–Kier alpha value is -3.31. The maximum atomic E-state index is 12.7. The number of methoxy groups -OCH3 is 1. The van der Waals surface area contributed by atoms with Crippen molar-refractivity contribution in [2.45, 2.75) is 68.3 Å². The van der Waals surface area contributed by atoms with Crippen LogP contribution in [0.25, 0.3) is 22.3 Å². The van der Waals surface area contributed by atoms with Gasteiger partial charge in [-0.25, -0.2) is 0 Å². The molecule has 2 aromatic carbocycles. The Morgan fingerprint density at radius 3 is 2.21 bits per heavy atom. The van der Waals surface area contributed by atoms with Crippen LogP contribution in [0.1, 0.15) is 6.92 Å². The van der Waals surface area contributed by atoms with Gasteiger partial charge < -0.3 is 63.8 Å². The van der Waals surface area contributed by atoms with Crippen LogP contribution in [0.5, 0.6) is 17.2 Å². The quantitative estimate of drug-likeness (QED) is 0.179. The van der Waals surface area contributed by atoms with E-state index in [1.165, 1.54) is 44.4 Å². The number of aliphatic hydroxyl groups is 6. The van der Waals surface area contributed by atoms with Gasteiger partial charge in [0.05, 0.1) is 19.8 Å². The first-order valence-electron chi connectivity index (χ1n) is 13.1. The van der Waals surface area contributed by atoms with Gasteiger partial charge in [0.25, 0.3) is 0 Å². The molecule has 0 amide bonds. The van der Waals surface area contributed by atoms with E-state index in [2.05, 4.69) is 0 Å². The molecule has 2 fully saturated rings. The smallest absolute Gasteiger partial charge is 0.229 e. The molecule has 7 N–H and O–H groups in total. The van der Waals surface area contributed by atoms with Crippen molar-refractivity contribution >= 4 is 11.0 Å². The van der Waals surface area contributed by atoms with Crippen molar-refractivity contribution in [1.82, 2.24) is 0 Å². The highest BCUT2D eigenvalue weighted by molar-refractivity contribution is 5.86. The standard InChI is InChI=1S/C28H32O14/c1-11-21(32)23(34)25(36)27(38-11)42-26-24(35)22(33)19(10-29)41-28(26)39-13-5-3-12(4-6-13)17-9-16(31)20-15(30)7-14(37-2)8-18(20)40-17/h3-9,11,19,21-30,32-36H,10H2,1-2H3/t11-,19+,21-,22-,23-,24-,25+,26+,27-,28+/m0/s1. The van der Waals surface area contributed by atoms with Crippen molar-refractivity contribution in [1.29, 1.82) is 0 Å². The monoisotopic (exact) mass is 592 g/mol. The molecule has 5 rings (SSSR count). The Bertz CT molecular complexity index is 1440. The van der Waals surface area contributed by atoms with Crippen LogP contribution in [0.3, 0.4) is 0 Å². The lowest BCUT2D eigenvalue weighted by Crippen LogP contribution is -2.64. The number of aliphatic hydroxyl groups excluding tert-OH is 6. The minimum Gasteiger partial charge on any atom is -0.507 e. The molecule has 0 radical (unpaired) electrons. The van der Waals surface area contributed by atoms with Crippen LogP contribution in [0.4, 0.5) is 0 Å². The number of benzene rings is 2. The molecule has 0 spiro atoms. The number of ether oxygens (including phenoxy) is 5. The fraction of sp³-hybridized carbons (Fsp3) is 0.464. The van der Waals surface area contributed by atoms with Crippen molar-refractivity contribution in [3.63, 3.8) is 0 Å². The second kappa shape index (κ2) is 12.1. The van der Waals surface area contributed by atoms with Crippen LogP contribution in [0, 0.1) is 0 Å². The summed E-state index contributed by atoms with van der Waals surface area (Å²) < 4.78 is 33.7. The Morgan fingerprint density at radius 1 is 0.833 bits per heavy atom. The van der Waals surface area contributed by atoms with Crippen LogP contribution in [0.2, 0.25) is 0 Å². The number of fused-ring (bicyclic) bond motifs is 1. The number of hydrogen-bond acceptors (Lipinski definition) is 14. The zero-order chi connectivity index (χ0) is 30.3. The Morgan fingerprint density at radius 2 is 1.55 bits per heavy atom. The first-order chi connectivity index (χ1) is 20.0. The van der Waals surface area contributed by atoms with E-state index >= 15 is 0 Å².